The molecule has 0 radical (unpaired) electrons. The van der Waals surface area contributed by atoms with E-state index in [9.17, 15) is 0 Å². The van der Waals surface area contributed by atoms with Crippen molar-refractivity contribution in [3.05, 3.63) is 0 Å². The first-order valence-corrected chi connectivity index (χ1v) is 4.79. The molecule has 0 rings (SSSR count). The van der Waals surface area contributed by atoms with Crippen molar-refractivity contribution in [3.63, 3.8) is 0 Å². The molecule has 0 unspecified atom stereocenters. The van der Waals surface area contributed by atoms with Gasteiger partial charge < -0.3 is 5.71 Å². The molecule has 0 amide bonds. The van der Waals surface area contributed by atoms with Crippen LogP contribution >= 0.6 is 0 Å². The molecule has 0 heterocycles. The maximum absolute atomic E-state index is 8.67. The van der Waals surface area contributed by atoms with Gasteiger partial charge >= 0.3 is 206 Å². The Morgan fingerprint density at radius 2 is 0.500 bits per heavy atom. The number of rotatable bonds is 0. The van der Waals surface area contributed by atoms with Crippen LogP contribution in [0.3, 0.4) is 0 Å². The van der Waals surface area contributed by atoms with Crippen molar-refractivity contribution in [2.45, 2.75) is 0 Å². The van der Waals surface area contributed by atoms with E-state index < -0.39 is 34.1 Å². The van der Waals surface area contributed by atoms with Gasteiger partial charge in [0, 0.05) is 0 Å². The average molecular weight is 407 g/mol. The zero-order chi connectivity index (χ0) is 10.7. The molecule has 16 heavy (non-hydrogen) atoms. The zero-order valence-electron chi connectivity index (χ0n) is 13.1. The first kappa shape index (κ1) is 43.4. The smallest absolute Gasteiger partial charge is 1.00 e. The predicted octanol–water partition coefficient (Wildman–Crippen LogP) is -12.5. The van der Waals surface area contributed by atoms with E-state index in [-0.39, 0.29) is 211 Å². The van der Waals surface area contributed by atoms with E-state index >= 15 is 0 Å². The van der Waals surface area contributed by atoms with Crippen LogP contribution in [0.25, 0.3) is 0 Å². The molecular weight excluding hydrogens is 397 g/mol. The van der Waals surface area contributed by atoms with Gasteiger partial charge in [-0.15, -0.1) is 0 Å². The van der Waals surface area contributed by atoms with Gasteiger partial charge in [0.1, 0.15) is 0 Å². The van der Waals surface area contributed by atoms with Gasteiger partial charge in [-0.2, -0.15) is 12.6 Å². The van der Waals surface area contributed by atoms with Crippen LogP contribution in [-0.4, -0.2) is 39.9 Å². The minimum atomic E-state index is -2.61. The summed E-state index contributed by atoms with van der Waals surface area (Å²) in [4.78, 5) is 0. The van der Waals surface area contributed by atoms with Crippen molar-refractivity contribution in [2.24, 2.45) is 0 Å². The Labute approximate surface area is 276 Å². The molecule has 0 bridgehead atoms. The van der Waals surface area contributed by atoms with Crippen molar-refractivity contribution in [3.8, 4) is 0 Å². The molecule has 9 nitrogen and oxygen atoms in total. The second kappa shape index (κ2) is 37.8. The van der Waals surface area contributed by atoms with Gasteiger partial charge in [0.25, 0.3) is 34.1 Å². The average Bonchev–Trinajstić information content (AvgIpc) is 1.54. The van der Waals surface area contributed by atoms with Gasteiger partial charge in [-0.05, 0) is 0 Å². The summed E-state index contributed by atoms with van der Waals surface area (Å²) in [7, 11) is 0. The van der Waals surface area contributed by atoms with E-state index in [0.717, 1.165) is 0 Å². The second-order valence-corrected chi connectivity index (χ2v) is 2.08. The van der Waals surface area contributed by atoms with Crippen molar-refractivity contribution >= 4 is 34.1 Å². The Morgan fingerprint density at radius 1 is 0.500 bits per heavy atom. The second-order valence-electron chi connectivity index (χ2n) is 0.692. The summed E-state index contributed by atoms with van der Waals surface area (Å²) in [6.07, 6.45) is 0. The van der Waals surface area contributed by atoms with Crippen LogP contribution in [0.15, 0.2) is 0 Å². The third kappa shape index (κ3) is 177. The van der Waals surface area contributed by atoms with Gasteiger partial charge in [0.2, 0.25) is 0 Å². The third-order valence-electron chi connectivity index (χ3n) is 0. The Bertz CT molecular complexity index is 135. The molecule has 0 saturated carbocycles. The minimum Gasteiger partial charge on any atom is -1.00 e. The van der Waals surface area contributed by atoms with E-state index in [4.69, 9.17) is 39.9 Å². The van der Waals surface area contributed by atoms with Crippen molar-refractivity contribution in [2.75, 3.05) is 0 Å². The standard InChI is InChI=1S/4K.3H2O3S.4H/c;;;;3*1-4(2)3;;;;/h;;;;3*(H2,1,2,3);;;;/q4*+1;;;;4*-1. The van der Waals surface area contributed by atoms with Crippen molar-refractivity contribution in [1.29, 1.82) is 0 Å². The monoisotopic (exact) mass is 406 g/mol. The van der Waals surface area contributed by atoms with E-state index in [2.05, 4.69) is 0 Å². The zero-order valence-corrected chi connectivity index (χ0v) is 24.1. The third-order valence-corrected chi connectivity index (χ3v) is 0. The molecule has 16 heteroatoms. The molecule has 0 aromatic heterocycles. The molecule has 0 fully saturated rings. The summed E-state index contributed by atoms with van der Waals surface area (Å²) in [5, 5.41) is 0. The predicted molar refractivity (Wildman–Crippen MR) is 44.6 cm³/mol. The quantitative estimate of drug-likeness (QED) is 0.169. The SMILES string of the molecule is O=S(O)O.O=S(O)O.O=S(O)O.[H-].[H-].[H-].[H-].[K+].[K+].[K+].[K+]. The number of hydrogen-bond acceptors (Lipinski definition) is 3. The van der Waals surface area contributed by atoms with Crippen molar-refractivity contribution in [1.82, 2.24) is 0 Å². The molecule has 0 atom stereocenters. The van der Waals surface area contributed by atoms with E-state index in [1.165, 1.54) is 0 Å². The molecule has 86 valence electrons. The molecular formula is H10K4O9S3. The van der Waals surface area contributed by atoms with Crippen LogP contribution in [0, 0.1) is 0 Å². The molecule has 0 aliphatic carbocycles. The summed E-state index contributed by atoms with van der Waals surface area (Å²) in [5.74, 6) is 0. The van der Waals surface area contributed by atoms with Gasteiger partial charge in [-0.1, -0.05) is 0 Å². The van der Waals surface area contributed by atoms with Crippen LogP contribution in [0.5, 0.6) is 0 Å². The number of hydrogen-bond donors (Lipinski definition) is 6. The topological polar surface area (TPSA) is 173 Å². The van der Waals surface area contributed by atoms with Crippen LogP contribution in [0.1, 0.15) is 5.71 Å². The molecule has 0 saturated heterocycles. The van der Waals surface area contributed by atoms with Gasteiger partial charge in [0.05, 0.1) is 0 Å². The molecule has 0 aromatic rings. The fourth-order valence-electron chi connectivity index (χ4n) is 0. The molecule has 0 aliphatic rings. The summed E-state index contributed by atoms with van der Waals surface area (Å²) < 4.78 is 68.5. The molecule has 0 aliphatic heterocycles. The fourth-order valence-corrected chi connectivity index (χ4v) is 0. The largest absolute Gasteiger partial charge is 1.00 e. The van der Waals surface area contributed by atoms with E-state index in [0.29, 0.717) is 0 Å². The van der Waals surface area contributed by atoms with Crippen LogP contribution in [0.2, 0.25) is 0 Å². The Morgan fingerprint density at radius 3 is 0.500 bits per heavy atom. The van der Waals surface area contributed by atoms with Crippen LogP contribution in [0.4, 0.5) is 0 Å². The summed E-state index contributed by atoms with van der Waals surface area (Å²) >= 11 is -7.83. The summed E-state index contributed by atoms with van der Waals surface area (Å²) in [5.41, 5.74) is 0. The molecule has 0 aromatic carbocycles. The van der Waals surface area contributed by atoms with Gasteiger partial charge in [-0.25, -0.2) is 0 Å². The first-order chi connectivity index (χ1) is 5.20. The molecule has 6 N–H and O–H groups in total. The first-order valence-electron chi connectivity index (χ1n) is 1.60. The van der Waals surface area contributed by atoms with Gasteiger partial charge in [-0.3, -0.25) is 27.3 Å². The van der Waals surface area contributed by atoms with E-state index in [1.54, 1.807) is 0 Å². The van der Waals surface area contributed by atoms with Crippen molar-refractivity contribution < 1.29 is 251 Å². The van der Waals surface area contributed by atoms with Gasteiger partial charge in [0.15, 0.2) is 0 Å². The Kier molecular flexibility index (Phi) is 102. The summed E-state index contributed by atoms with van der Waals surface area (Å²) in [6.45, 7) is 0. The Hall–Kier alpha value is 6.76. The fraction of sp³-hybridized carbons (Fsp3) is 0. The normalized spacial score (nSPS) is 6.56. The minimum absolute atomic E-state index is 0. The van der Waals surface area contributed by atoms with Crippen LogP contribution < -0.4 is 206 Å². The molecule has 0 spiro atoms. The maximum Gasteiger partial charge on any atom is 1.00 e. The Balaban J connectivity index is -0.00000000562. The van der Waals surface area contributed by atoms with Crippen LogP contribution in [-0.2, 0) is 34.1 Å². The summed E-state index contributed by atoms with van der Waals surface area (Å²) in [6, 6.07) is 0. The van der Waals surface area contributed by atoms with E-state index in [1.807, 2.05) is 0 Å². The maximum atomic E-state index is 8.67.